The Labute approximate surface area is 119 Å². The highest BCUT2D eigenvalue weighted by Crippen LogP contribution is 2.22. The highest BCUT2D eigenvalue weighted by molar-refractivity contribution is 5.91. The summed E-state index contributed by atoms with van der Waals surface area (Å²) >= 11 is 0. The normalized spacial score (nSPS) is 18.2. The molecule has 0 radical (unpaired) electrons. The summed E-state index contributed by atoms with van der Waals surface area (Å²) in [6.45, 7) is 3.79. The first-order chi connectivity index (χ1) is 9.61. The number of rotatable bonds is 5. The molecule has 1 aromatic carbocycles. The molecule has 1 amide bonds. The minimum Gasteiger partial charge on any atom is -0.478 e. The molecule has 0 spiro atoms. The molecule has 1 unspecified atom stereocenters. The molecular formula is C16H21NO3. The Kier molecular flexibility index (Phi) is 4.77. The molecule has 1 atom stereocenters. The molecule has 1 saturated heterocycles. The standard InChI is InChI=1S/C16H21NO3/c1-2-5-12-8-9-17(11-12)15(18)10-13-6-3-4-7-14(13)16(19)20/h3-4,6-7,12H,2,5,8-11H2,1H3,(H,19,20). The van der Waals surface area contributed by atoms with Crippen LogP contribution in [0.4, 0.5) is 0 Å². The maximum absolute atomic E-state index is 12.3. The van der Waals surface area contributed by atoms with Crippen LogP contribution in [0.3, 0.4) is 0 Å². The summed E-state index contributed by atoms with van der Waals surface area (Å²) in [7, 11) is 0. The van der Waals surface area contributed by atoms with Crippen molar-refractivity contribution in [3.05, 3.63) is 35.4 Å². The molecule has 0 saturated carbocycles. The molecule has 1 fully saturated rings. The summed E-state index contributed by atoms with van der Waals surface area (Å²) in [6, 6.07) is 6.74. The molecule has 1 aliphatic heterocycles. The number of carboxylic acids is 1. The number of nitrogens with zero attached hydrogens (tertiary/aromatic N) is 1. The van der Waals surface area contributed by atoms with Gasteiger partial charge in [-0.2, -0.15) is 0 Å². The summed E-state index contributed by atoms with van der Waals surface area (Å²) in [6.07, 6.45) is 3.56. The van der Waals surface area contributed by atoms with Gasteiger partial charge in [0.25, 0.3) is 0 Å². The minimum absolute atomic E-state index is 0.0392. The van der Waals surface area contributed by atoms with Crippen LogP contribution in [0.1, 0.15) is 42.1 Å². The van der Waals surface area contributed by atoms with Crippen molar-refractivity contribution in [1.82, 2.24) is 4.90 Å². The molecule has 1 aromatic rings. The van der Waals surface area contributed by atoms with E-state index in [1.165, 1.54) is 0 Å². The molecule has 2 rings (SSSR count). The van der Waals surface area contributed by atoms with E-state index < -0.39 is 5.97 Å². The molecular weight excluding hydrogens is 254 g/mol. The number of aromatic carboxylic acids is 1. The van der Waals surface area contributed by atoms with E-state index in [0.717, 1.165) is 32.4 Å². The Morgan fingerprint density at radius 2 is 2.10 bits per heavy atom. The second-order valence-electron chi connectivity index (χ2n) is 5.42. The van der Waals surface area contributed by atoms with E-state index in [-0.39, 0.29) is 17.9 Å². The third kappa shape index (κ3) is 3.38. The van der Waals surface area contributed by atoms with Gasteiger partial charge in [-0.25, -0.2) is 4.79 Å². The van der Waals surface area contributed by atoms with Crippen molar-refractivity contribution in [3.63, 3.8) is 0 Å². The summed E-state index contributed by atoms with van der Waals surface area (Å²) in [4.78, 5) is 25.3. The van der Waals surface area contributed by atoms with Gasteiger partial charge in [-0.1, -0.05) is 31.5 Å². The Morgan fingerprint density at radius 1 is 1.35 bits per heavy atom. The van der Waals surface area contributed by atoms with E-state index in [1.807, 2.05) is 4.90 Å². The number of hydrogen-bond acceptors (Lipinski definition) is 2. The first-order valence-electron chi connectivity index (χ1n) is 7.20. The predicted molar refractivity (Wildman–Crippen MR) is 76.7 cm³/mol. The van der Waals surface area contributed by atoms with Gasteiger partial charge in [0.2, 0.25) is 5.91 Å². The third-order valence-electron chi connectivity index (χ3n) is 3.92. The van der Waals surface area contributed by atoms with Crippen LogP contribution >= 0.6 is 0 Å². The van der Waals surface area contributed by atoms with E-state index in [4.69, 9.17) is 5.11 Å². The lowest BCUT2D eigenvalue weighted by Crippen LogP contribution is -2.30. The number of hydrogen-bond donors (Lipinski definition) is 1. The molecule has 0 aromatic heterocycles. The SMILES string of the molecule is CCCC1CCN(C(=O)Cc2ccccc2C(=O)O)C1. The molecule has 20 heavy (non-hydrogen) atoms. The third-order valence-corrected chi connectivity index (χ3v) is 3.92. The van der Waals surface area contributed by atoms with Crippen LogP contribution < -0.4 is 0 Å². The molecule has 0 aliphatic carbocycles. The van der Waals surface area contributed by atoms with Gasteiger partial charge in [-0.3, -0.25) is 4.79 Å². The van der Waals surface area contributed by atoms with Gasteiger partial charge < -0.3 is 10.0 Å². The lowest BCUT2D eigenvalue weighted by molar-refractivity contribution is -0.129. The smallest absolute Gasteiger partial charge is 0.335 e. The van der Waals surface area contributed by atoms with Crippen LogP contribution in [0.5, 0.6) is 0 Å². The van der Waals surface area contributed by atoms with Gasteiger partial charge in [-0.15, -0.1) is 0 Å². The average Bonchev–Trinajstić information content (AvgIpc) is 2.88. The number of likely N-dealkylation sites (tertiary alicyclic amines) is 1. The topological polar surface area (TPSA) is 57.6 Å². The molecule has 1 N–H and O–H groups in total. The largest absolute Gasteiger partial charge is 0.478 e. The number of carboxylic acid groups (broad SMARTS) is 1. The van der Waals surface area contributed by atoms with Gasteiger partial charge in [0, 0.05) is 13.1 Å². The van der Waals surface area contributed by atoms with Crippen molar-refractivity contribution in [2.75, 3.05) is 13.1 Å². The lowest BCUT2D eigenvalue weighted by Gasteiger charge is -2.17. The van der Waals surface area contributed by atoms with Crippen LogP contribution in [0.15, 0.2) is 24.3 Å². The van der Waals surface area contributed by atoms with Crippen molar-refractivity contribution in [2.24, 2.45) is 5.92 Å². The monoisotopic (exact) mass is 275 g/mol. The van der Waals surface area contributed by atoms with Gasteiger partial charge in [0.1, 0.15) is 0 Å². The Bertz CT molecular complexity index is 498. The predicted octanol–water partition coefficient (Wildman–Crippen LogP) is 2.58. The van der Waals surface area contributed by atoms with Crippen LogP contribution in [-0.2, 0) is 11.2 Å². The van der Waals surface area contributed by atoms with Gasteiger partial charge in [-0.05, 0) is 30.4 Å². The molecule has 4 nitrogen and oxygen atoms in total. The Hall–Kier alpha value is -1.84. The van der Waals surface area contributed by atoms with E-state index in [2.05, 4.69) is 6.92 Å². The molecule has 0 bridgehead atoms. The summed E-state index contributed by atoms with van der Waals surface area (Å²) in [5.41, 5.74) is 0.828. The van der Waals surface area contributed by atoms with Crippen molar-refractivity contribution in [3.8, 4) is 0 Å². The van der Waals surface area contributed by atoms with E-state index in [1.54, 1.807) is 24.3 Å². The van der Waals surface area contributed by atoms with Crippen molar-refractivity contribution >= 4 is 11.9 Å². The van der Waals surface area contributed by atoms with E-state index >= 15 is 0 Å². The fourth-order valence-corrected chi connectivity index (χ4v) is 2.86. The van der Waals surface area contributed by atoms with Gasteiger partial charge in [0.05, 0.1) is 12.0 Å². The highest BCUT2D eigenvalue weighted by atomic mass is 16.4. The number of benzene rings is 1. The molecule has 1 aliphatic rings. The lowest BCUT2D eigenvalue weighted by atomic mass is 10.0. The van der Waals surface area contributed by atoms with Gasteiger partial charge in [0.15, 0.2) is 0 Å². The Balaban J connectivity index is 2.00. The number of amides is 1. The van der Waals surface area contributed by atoms with Crippen LogP contribution in [0.25, 0.3) is 0 Å². The average molecular weight is 275 g/mol. The fourth-order valence-electron chi connectivity index (χ4n) is 2.86. The quantitative estimate of drug-likeness (QED) is 0.898. The highest BCUT2D eigenvalue weighted by Gasteiger charge is 2.26. The van der Waals surface area contributed by atoms with Crippen LogP contribution in [-0.4, -0.2) is 35.0 Å². The van der Waals surface area contributed by atoms with Crippen LogP contribution in [0, 0.1) is 5.92 Å². The number of carbonyl (C=O) groups is 2. The summed E-state index contributed by atoms with van der Waals surface area (Å²) < 4.78 is 0. The summed E-state index contributed by atoms with van der Waals surface area (Å²) in [5.74, 6) is -0.324. The summed E-state index contributed by atoms with van der Waals surface area (Å²) in [5, 5.41) is 9.13. The Morgan fingerprint density at radius 3 is 2.80 bits per heavy atom. The fraction of sp³-hybridized carbons (Fsp3) is 0.500. The maximum atomic E-state index is 12.3. The first kappa shape index (κ1) is 14.6. The van der Waals surface area contributed by atoms with Crippen molar-refractivity contribution < 1.29 is 14.7 Å². The van der Waals surface area contributed by atoms with E-state index in [0.29, 0.717) is 11.5 Å². The zero-order chi connectivity index (χ0) is 14.5. The molecule has 1 heterocycles. The number of carbonyl (C=O) groups excluding carboxylic acids is 1. The van der Waals surface area contributed by atoms with Crippen molar-refractivity contribution in [2.45, 2.75) is 32.6 Å². The molecule has 108 valence electrons. The van der Waals surface area contributed by atoms with Crippen molar-refractivity contribution in [1.29, 1.82) is 0 Å². The maximum Gasteiger partial charge on any atom is 0.335 e. The van der Waals surface area contributed by atoms with E-state index in [9.17, 15) is 9.59 Å². The zero-order valence-corrected chi connectivity index (χ0v) is 11.8. The first-order valence-corrected chi connectivity index (χ1v) is 7.20. The molecule has 4 heteroatoms. The zero-order valence-electron chi connectivity index (χ0n) is 11.8. The minimum atomic E-state index is -0.973. The second kappa shape index (κ2) is 6.55. The van der Waals surface area contributed by atoms with Crippen LogP contribution in [0.2, 0.25) is 0 Å². The van der Waals surface area contributed by atoms with Gasteiger partial charge >= 0.3 is 5.97 Å². The second-order valence-corrected chi connectivity index (χ2v) is 5.42.